The first-order valence-electron chi connectivity index (χ1n) is 6.73. The van der Waals surface area contributed by atoms with Crippen molar-refractivity contribution in [2.45, 2.75) is 24.3 Å². The zero-order valence-electron chi connectivity index (χ0n) is 12.0. The van der Waals surface area contributed by atoms with Gasteiger partial charge in [-0.3, -0.25) is 0 Å². The third-order valence-corrected chi connectivity index (χ3v) is 5.81. The maximum Gasteiger partial charge on any atom is 0.337 e. The molecule has 0 bridgehead atoms. The van der Waals surface area contributed by atoms with Crippen molar-refractivity contribution < 1.29 is 23.1 Å². The molecule has 0 aromatic heterocycles. The molecule has 1 aromatic carbocycles. The van der Waals surface area contributed by atoms with Crippen LogP contribution in [-0.4, -0.2) is 50.1 Å². The molecule has 1 fully saturated rings. The van der Waals surface area contributed by atoms with E-state index in [1.165, 1.54) is 28.6 Å². The minimum absolute atomic E-state index is 0.165. The van der Waals surface area contributed by atoms with E-state index in [0.29, 0.717) is 13.0 Å². The van der Waals surface area contributed by atoms with Gasteiger partial charge >= 0.3 is 5.97 Å². The number of carboxylic acid groups (broad SMARTS) is 1. The summed E-state index contributed by atoms with van der Waals surface area (Å²) < 4.78 is 32.0. The molecular formula is C14H19NO5S. The lowest BCUT2D eigenvalue weighted by molar-refractivity contribution is 0.0183. The van der Waals surface area contributed by atoms with Gasteiger partial charge in [-0.05, 0) is 24.5 Å². The summed E-state index contributed by atoms with van der Waals surface area (Å²) in [4.78, 5) is 11.1. The minimum atomic E-state index is -3.83. The molecule has 1 heterocycles. The fourth-order valence-corrected chi connectivity index (χ4v) is 4.19. The summed E-state index contributed by atoms with van der Waals surface area (Å²) in [5, 5.41) is 9.16. The Morgan fingerprint density at radius 3 is 2.67 bits per heavy atom. The van der Waals surface area contributed by atoms with E-state index in [1.54, 1.807) is 7.11 Å². The molecule has 1 N–H and O–H groups in total. The number of nitrogens with zero attached hydrogens (tertiary/aromatic N) is 1. The number of methoxy groups -OCH3 is 1. The number of sulfonamides is 1. The topological polar surface area (TPSA) is 83.9 Å². The van der Waals surface area contributed by atoms with Crippen LogP contribution in [0.4, 0.5) is 0 Å². The van der Waals surface area contributed by atoms with Crippen LogP contribution in [0.3, 0.4) is 0 Å². The lowest BCUT2D eigenvalue weighted by atomic mass is 9.97. The summed E-state index contributed by atoms with van der Waals surface area (Å²) in [5.74, 6) is -0.973. The first-order valence-corrected chi connectivity index (χ1v) is 8.17. The van der Waals surface area contributed by atoms with Gasteiger partial charge in [0.2, 0.25) is 10.0 Å². The summed E-state index contributed by atoms with van der Waals surface area (Å²) >= 11 is 0. The normalized spacial score (nSPS) is 23.9. The Bertz CT molecular complexity index is 628. The summed E-state index contributed by atoms with van der Waals surface area (Å²) in [6.07, 6.45) is 0.512. The molecule has 0 amide bonds. The summed E-state index contributed by atoms with van der Waals surface area (Å²) in [5.41, 5.74) is -0.204. The van der Waals surface area contributed by atoms with Gasteiger partial charge < -0.3 is 9.84 Å². The van der Waals surface area contributed by atoms with E-state index in [0.717, 1.165) is 0 Å². The number of piperidine rings is 1. The Labute approximate surface area is 124 Å². The van der Waals surface area contributed by atoms with E-state index in [2.05, 4.69) is 0 Å². The lowest BCUT2D eigenvalue weighted by Crippen LogP contribution is -2.46. The summed E-state index contributed by atoms with van der Waals surface area (Å²) in [7, 11) is -2.27. The fraction of sp³-hybridized carbons (Fsp3) is 0.500. The van der Waals surface area contributed by atoms with Crippen LogP contribution in [0.25, 0.3) is 0 Å². The molecule has 1 aromatic rings. The van der Waals surface area contributed by atoms with E-state index in [9.17, 15) is 13.2 Å². The highest BCUT2D eigenvalue weighted by Crippen LogP contribution is 2.26. The SMILES string of the molecule is COC1CN(S(=O)(=O)c2ccccc2C(=O)O)CCC1C. The van der Waals surface area contributed by atoms with Crippen LogP contribution >= 0.6 is 0 Å². The number of carbonyl (C=O) groups is 1. The summed E-state index contributed by atoms with van der Waals surface area (Å²) in [6, 6.07) is 5.67. The molecular weight excluding hydrogens is 294 g/mol. The molecule has 0 saturated carbocycles. The fourth-order valence-electron chi connectivity index (χ4n) is 2.54. The van der Waals surface area contributed by atoms with Crippen molar-refractivity contribution in [2.75, 3.05) is 20.2 Å². The van der Waals surface area contributed by atoms with Gasteiger partial charge in [-0.1, -0.05) is 19.1 Å². The predicted octanol–water partition coefficient (Wildman–Crippen LogP) is 1.43. The highest BCUT2D eigenvalue weighted by atomic mass is 32.2. The van der Waals surface area contributed by atoms with Gasteiger partial charge in [0.15, 0.2) is 0 Å². The van der Waals surface area contributed by atoms with E-state index in [4.69, 9.17) is 9.84 Å². The lowest BCUT2D eigenvalue weighted by Gasteiger charge is -2.35. The van der Waals surface area contributed by atoms with Crippen LogP contribution in [-0.2, 0) is 14.8 Å². The zero-order valence-corrected chi connectivity index (χ0v) is 12.8. The number of hydrogen-bond donors (Lipinski definition) is 1. The zero-order chi connectivity index (χ0) is 15.6. The van der Waals surface area contributed by atoms with Gasteiger partial charge in [0.25, 0.3) is 0 Å². The molecule has 6 nitrogen and oxygen atoms in total. The minimum Gasteiger partial charge on any atom is -0.478 e. The molecule has 0 aliphatic carbocycles. The van der Waals surface area contributed by atoms with Gasteiger partial charge in [-0.15, -0.1) is 0 Å². The average Bonchev–Trinajstić information content (AvgIpc) is 2.47. The number of carboxylic acids is 1. The Balaban J connectivity index is 2.37. The van der Waals surface area contributed by atoms with Crippen LogP contribution in [0.1, 0.15) is 23.7 Å². The quantitative estimate of drug-likeness (QED) is 0.909. The van der Waals surface area contributed by atoms with Crippen LogP contribution in [0.2, 0.25) is 0 Å². The number of ether oxygens (including phenoxy) is 1. The van der Waals surface area contributed by atoms with Crippen LogP contribution in [0.5, 0.6) is 0 Å². The van der Waals surface area contributed by atoms with Crippen molar-refractivity contribution >= 4 is 16.0 Å². The molecule has 1 saturated heterocycles. The van der Waals surface area contributed by atoms with E-state index >= 15 is 0 Å². The molecule has 2 rings (SSSR count). The Hall–Kier alpha value is -1.44. The van der Waals surface area contributed by atoms with E-state index in [1.807, 2.05) is 6.92 Å². The first-order chi connectivity index (χ1) is 9.87. The van der Waals surface area contributed by atoms with Gasteiger partial charge in [-0.25, -0.2) is 13.2 Å². The number of benzene rings is 1. The van der Waals surface area contributed by atoms with Gasteiger partial charge in [0.1, 0.15) is 0 Å². The van der Waals surface area contributed by atoms with Crippen LogP contribution in [0.15, 0.2) is 29.2 Å². The van der Waals surface area contributed by atoms with Gasteiger partial charge in [0, 0.05) is 20.2 Å². The molecule has 21 heavy (non-hydrogen) atoms. The first kappa shape index (κ1) is 15.9. The smallest absolute Gasteiger partial charge is 0.337 e. The van der Waals surface area contributed by atoms with Crippen molar-refractivity contribution in [1.29, 1.82) is 0 Å². The molecule has 2 atom stereocenters. The van der Waals surface area contributed by atoms with Crippen molar-refractivity contribution in [3.63, 3.8) is 0 Å². The maximum absolute atomic E-state index is 12.7. The third kappa shape index (κ3) is 3.09. The van der Waals surface area contributed by atoms with Crippen molar-refractivity contribution in [1.82, 2.24) is 4.31 Å². The highest BCUT2D eigenvalue weighted by Gasteiger charge is 2.35. The second kappa shape index (κ2) is 6.13. The molecule has 1 aliphatic rings. The van der Waals surface area contributed by atoms with Crippen LogP contribution in [0, 0.1) is 5.92 Å². The van der Waals surface area contributed by atoms with Gasteiger partial charge in [-0.2, -0.15) is 4.31 Å². The van der Waals surface area contributed by atoms with Crippen molar-refractivity contribution in [2.24, 2.45) is 5.92 Å². The van der Waals surface area contributed by atoms with Crippen molar-refractivity contribution in [3.8, 4) is 0 Å². The number of rotatable bonds is 4. The highest BCUT2D eigenvalue weighted by molar-refractivity contribution is 7.89. The predicted molar refractivity (Wildman–Crippen MR) is 76.7 cm³/mol. The Morgan fingerprint density at radius 1 is 1.38 bits per heavy atom. The standard InChI is InChI=1S/C14H19NO5S/c1-10-7-8-15(9-12(10)20-2)21(18,19)13-6-4-3-5-11(13)14(16)17/h3-6,10,12H,7-9H2,1-2H3,(H,16,17). The average molecular weight is 313 g/mol. The van der Waals surface area contributed by atoms with E-state index in [-0.39, 0.29) is 29.0 Å². The molecule has 1 aliphatic heterocycles. The third-order valence-electron chi connectivity index (χ3n) is 3.89. The summed E-state index contributed by atoms with van der Waals surface area (Å²) in [6.45, 7) is 2.63. The maximum atomic E-state index is 12.7. The molecule has 2 unspecified atom stereocenters. The second-order valence-corrected chi connectivity index (χ2v) is 7.11. The molecule has 0 radical (unpaired) electrons. The monoisotopic (exact) mass is 313 g/mol. The van der Waals surface area contributed by atoms with Crippen molar-refractivity contribution in [3.05, 3.63) is 29.8 Å². The van der Waals surface area contributed by atoms with E-state index < -0.39 is 16.0 Å². The largest absolute Gasteiger partial charge is 0.478 e. The number of hydrogen-bond acceptors (Lipinski definition) is 4. The van der Waals surface area contributed by atoms with Gasteiger partial charge in [0.05, 0.1) is 16.6 Å². The molecule has 116 valence electrons. The Morgan fingerprint density at radius 2 is 2.05 bits per heavy atom. The Kier molecular flexibility index (Phi) is 4.65. The molecule has 7 heteroatoms. The second-order valence-electron chi connectivity index (χ2n) is 5.20. The molecule has 0 spiro atoms. The number of aromatic carboxylic acids is 1. The van der Waals surface area contributed by atoms with Crippen LogP contribution < -0.4 is 0 Å².